The van der Waals surface area contributed by atoms with Crippen LogP contribution in [0.15, 0.2) is 6.07 Å². The smallest absolute Gasteiger partial charge is 0.145 e. The molecule has 19 heavy (non-hydrogen) atoms. The zero-order valence-corrected chi connectivity index (χ0v) is 11.6. The molecule has 1 aromatic heterocycles. The van der Waals surface area contributed by atoms with Crippen LogP contribution in [-0.2, 0) is 4.74 Å². The summed E-state index contributed by atoms with van der Waals surface area (Å²) in [6.45, 7) is 6.81. The van der Waals surface area contributed by atoms with Crippen molar-refractivity contribution >= 4 is 11.6 Å². The van der Waals surface area contributed by atoms with E-state index in [2.05, 4.69) is 34.6 Å². The molecule has 0 radical (unpaired) electrons. The lowest BCUT2D eigenvalue weighted by Gasteiger charge is -2.12. The van der Waals surface area contributed by atoms with Gasteiger partial charge in [0.2, 0.25) is 0 Å². The Morgan fingerprint density at radius 3 is 2.84 bits per heavy atom. The molecule has 6 nitrogen and oxygen atoms in total. The summed E-state index contributed by atoms with van der Waals surface area (Å²) in [5.41, 5.74) is 2.58. The monoisotopic (exact) mass is 265 g/mol. The molecular formula is C13H23N5O. The van der Waals surface area contributed by atoms with E-state index in [1.807, 2.05) is 6.07 Å². The summed E-state index contributed by atoms with van der Waals surface area (Å²) in [6.07, 6.45) is 2.27. The number of hydrogen-bond donors (Lipinski definition) is 3. The van der Waals surface area contributed by atoms with Crippen molar-refractivity contribution in [2.45, 2.75) is 32.6 Å². The van der Waals surface area contributed by atoms with E-state index in [-0.39, 0.29) is 5.92 Å². The van der Waals surface area contributed by atoms with Crippen LogP contribution in [0.3, 0.4) is 0 Å². The minimum absolute atomic E-state index is 0.275. The molecule has 1 aliphatic heterocycles. The van der Waals surface area contributed by atoms with Crippen LogP contribution in [0.1, 0.15) is 38.4 Å². The molecular weight excluding hydrogens is 242 g/mol. The molecule has 0 aliphatic carbocycles. The molecule has 1 unspecified atom stereocenters. The summed E-state index contributed by atoms with van der Waals surface area (Å²) >= 11 is 0. The van der Waals surface area contributed by atoms with Gasteiger partial charge in [-0.2, -0.15) is 0 Å². The first-order valence-electron chi connectivity index (χ1n) is 6.86. The number of nitrogens with two attached hydrogens (primary N) is 1. The highest BCUT2D eigenvalue weighted by atomic mass is 16.5. The summed E-state index contributed by atoms with van der Waals surface area (Å²) in [4.78, 5) is 8.83. The van der Waals surface area contributed by atoms with Crippen LogP contribution >= 0.6 is 0 Å². The molecule has 0 spiro atoms. The Bertz CT molecular complexity index is 404. The zero-order chi connectivity index (χ0) is 13.7. The molecule has 0 amide bonds. The number of hydrogen-bond acceptors (Lipinski definition) is 6. The number of nitrogens with zero attached hydrogens (tertiary/aromatic N) is 2. The highest BCUT2D eigenvalue weighted by Crippen LogP contribution is 2.18. The van der Waals surface area contributed by atoms with E-state index in [0.717, 1.165) is 44.2 Å². The van der Waals surface area contributed by atoms with Gasteiger partial charge in [0.15, 0.2) is 0 Å². The first-order valence-corrected chi connectivity index (χ1v) is 6.86. The standard InChI is InChI=1S/C13H23N5O/c1-9(2)13-16-11(7-12(17-13)18-14)15-5-3-10-4-6-19-8-10/h7,9-10H,3-6,8,14H2,1-2H3,(H2,15,16,17,18). The van der Waals surface area contributed by atoms with Gasteiger partial charge in [-0.1, -0.05) is 13.8 Å². The maximum absolute atomic E-state index is 5.43. The van der Waals surface area contributed by atoms with Crippen molar-refractivity contribution in [3.63, 3.8) is 0 Å². The Kier molecular flexibility index (Phi) is 4.93. The molecule has 1 saturated heterocycles. The lowest BCUT2D eigenvalue weighted by molar-refractivity contribution is 0.185. The number of anilines is 2. The van der Waals surface area contributed by atoms with Gasteiger partial charge in [-0.25, -0.2) is 15.8 Å². The Morgan fingerprint density at radius 2 is 2.21 bits per heavy atom. The van der Waals surface area contributed by atoms with Crippen LogP contribution in [0, 0.1) is 5.92 Å². The summed E-state index contributed by atoms with van der Waals surface area (Å²) in [5, 5.41) is 3.34. The van der Waals surface area contributed by atoms with Crippen LogP contribution in [0.5, 0.6) is 0 Å². The number of nitrogen functional groups attached to an aromatic ring is 1. The van der Waals surface area contributed by atoms with Gasteiger partial charge in [0, 0.05) is 31.7 Å². The normalized spacial score (nSPS) is 18.8. The van der Waals surface area contributed by atoms with Gasteiger partial charge in [-0.05, 0) is 18.8 Å². The SMILES string of the molecule is CC(C)c1nc(NN)cc(NCCC2CCOC2)n1. The molecule has 0 bridgehead atoms. The molecule has 0 saturated carbocycles. The van der Waals surface area contributed by atoms with Gasteiger partial charge >= 0.3 is 0 Å². The van der Waals surface area contributed by atoms with Gasteiger partial charge < -0.3 is 15.5 Å². The first-order chi connectivity index (χ1) is 9.19. The number of hydrazine groups is 1. The molecule has 1 aliphatic rings. The highest BCUT2D eigenvalue weighted by molar-refractivity contribution is 5.47. The largest absolute Gasteiger partial charge is 0.381 e. The molecule has 0 aromatic carbocycles. The fourth-order valence-electron chi connectivity index (χ4n) is 2.10. The van der Waals surface area contributed by atoms with Crippen molar-refractivity contribution in [2.24, 2.45) is 11.8 Å². The quantitative estimate of drug-likeness (QED) is 0.536. The van der Waals surface area contributed by atoms with Crippen molar-refractivity contribution in [1.82, 2.24) is 9.97 Å². The maximum Gasteiger partial charge on any atom is 0.145 e. The Hall–Kier alpha value is -1.40. The second-order valence-electron chi connectivity index (χ2n) is 5.24. The molecule has 1 aromatic rings. The number of rotatable bonds is 6. The molecule has 1 atom stereocenters. The number of aromatic nitrogens is 2. The minimum atomic E-state index is 0.275. The van der Waals surface area contributed by atoms with Gasteiger partial charge in [-0.3, -0.25) is 0 Å². The average molecular weight is 265 g/mol. The molecule has 106 valence electrons. The predicted octanol–water partition coefficient (Wildman–Crippen LogP) is 1.72. The van der Waals surface area contributed by atoms with Crippen LogP contribution in [-0.4, -0.2) is 29.7 Å². The van der Waals surface area contributed by atoms with E-state index < -0.39 is 0 Å². The number of ether oxygens (including phenoxy) is 1. The van der Waals surface area contributed by atoms with Crippen molar-refractivity contribution < 1.29 is 4.74 Å². The van der Waals surface area contributed by atoms with Crippen LogP contribution < -0.4 is 16.6 Å². The minimum Gasteiger partial charge on any atom is -0.381 e. The second-order valence-corrected chi connectivity index (χ2v) is 5.24. The van der Waals surface area contributed by atoms with E-state index >= 15 is 0 Å². The Balaban J connectivity index is 1.92. The molecule has 2 heterocycles. The summed E-state index contributed by atoms with van der Waals surface area (Å²) in [6, 6.07) is 1.83. The summed E-state index contributed by atoms with van der Waals surface area (Å²) < 4.78 is 5.37. The van der Waals surface area contributed by atoms with E-state index in [4.69, 9.17) is 10.6 Å². The van der Waals surface area contributed by atoms with Gasteiger partial charge in [-0.15, -0.1) is 0 Å². The van der Waals surface area contributed by atoms with Crippen molar-refractivity contribution in [2.75, 3.05) is 30.5 Å². The van der Waals surface area contributed by atoms with E-state index in [0.29, 0.717) is 11.7 Å². The third-order valence-electron chi connectivity index (χ3n) is 3.29. The van der Waals surface area contributed by atoms with Crippen molar-refractivity contribution in [1.29, 1.82) is 0 Å². The third kappa shape index (κ3) is 4.04. The van der Waals surface area contributed by atoms with Gasteiger partial charge in [0.25, 0.3) is 0 Å². The van der Waals surface area contributed by atoms with Crippen molar-refractivity contribution in [3.05, 3.63) is 11.9 Å². The first kappa shape index (κ1) is 14.0. The fraction of sp³-hybridized carbons (Fsp3) is 0.692. The highest BCUT2D eigenvalue weighted by Gasteiger charge is 2.15. The Morgan fingerprint density at radius 1 is 1.42 bits per heavy atom. The maximum atomic E-state index is 5.43. The van der Waals surface area contributed by atoms with Gasteiger partial charge in [0.05, 0.1) is 0 Å². The molecule has 2 rings (SSSR count). The second kappa shape index (κ2) is 6.68. The van der Waals surface area contributed by atoms with Crippen LogP contribution in [0.4, 0.5) is 11.6 Å². The van der Waals surface area contributed by atoms with Crippen molar-refractivity contribution in [3.8, 4) is 0 Å². The molecule has 4 N–H and O–H groups in total. The van der Waals surface area contributed by atoms with Crippen LogP contribution in [0.25, 0.3) is 0 Å². The number of nitrogens with one attached hydrogen (secondary N) is 2. The zero-order valence-electron chi connectivity index (χ0n) is 11.6. The topological polar surface area (TPSA) is 85.1 Å². The lowest BCUT2D eigenvalue weighted by Crippen LogP contribution is -2.14. The lowest BCUT2D eigenvalue weighted by atomic mass is 10.1. The molecule has 1 fully saturated rings. The van der Waals surface area contributed by atoms with E-state index in [9.17, 15) is 0 Å². The predicted molar refractivity (Wildman–Crippen MR) is 76.0 cm³/mol. The molecule has 6 heteroatoms. The third-order valence-corrected chi connectivity index (χ3v) is 3.29. The Labute approximate surface area is 114 Å². The summed E-state index contributed by atoms with van der Waals surface area (Å²) in [7, 11) is 0. The van der Waals surface area contributed by atoms with Gasteiger partial charge in [0.1, 0.15) is 17.5 Å². The van der Waals surface area contributed by atoms with E-state index in [1.165, 1.54) is 0 Å². The fourth-order valence-corrected chi connectivity index (χ4v) is 2.10. The average Bonchev–Trinajstić information content (AvgIpc) is 2.91. The van der Waals surface area contributed by atoms with Crippen LogP contribution in [0.2, 0.25) is 0 Å². The summed E-state index contributed by atoms with van der Waals surface area (Å²) in [5.74, 6) is 8.64. The van der Waals surface area contributed by atoms with E-state index in [1.54, 1.807) is 0 Å².